The van der Waals surface area contributed by atoms with E-state index in [4.69, 9.17) is 15.2 Å². The number of carbonyl (C=O) groups is 1. The Bertz CT molecular complexity index is 931. The fourth-order valence-corrected chi connectivity index (χ4v) is 3.19. The molecule has 1 heterocycles. The number of anilines is 1. The third-order valence-electron chi connectivity index (χ3n) is 4.22. The molecule has 1 amide bonds. The Kier molecular flexibility index (Phi) is 8.06. The number of carbonyl (C=O) groups excluding carboxylic acids is 1. The van der Waals surface area contributed by atoms with E-state index in [1.54, 1.807) is 20.8 Å². The van der Waals surface area contributed by atoms with E-state index in [-0.39, 0.29) is 41.6 Å². The van der Waals surface area contributed by atoms with E-state index in [0.717, 1.165) is 6.07 Å². The van der Waals surface area contributed by atoms with Crippen molar-refractivity contribution in [2.75, 3.05) is 11.9 Å². The van der Waals surface area contributed by atoms with E-state index in [1.165, 1.54) is 24.4 Å². The standard InChI is InChI=1S/C22H29F3N4O3/c1-13(2)11-21(5,26)12-31-18-7-6-15(10-16(18)22(23,24)25)17-8-9-27-19(28-17)29-20(30)32-14(3)4/h6-10,13-14H,11-12,26H2,1-5H3,(H,27,28,29,30). The molecule has 0 radical (unpaired) electrons. The maximum absolute atomic E-state index is 13.7. The molecule has 2 aromatic rings. The molecule has 3 N–H and O–H groups in total. The van der Waals surface area contributed by atoms with Gasteiger partial charge in [-0.15, -0.1) is 0 Å². The summed E-state index contributed by atoms with van der Waals surface area (Å²) < 4.78 is 51.6. The maximum atomic E-state index is 13.7. The molecule has 0 saturated carbocycles. The lowest BCUT2D eigenvalue weighted by Gasteiger charge is -2.27. The molecule has 10 heteroatoms. The van der Waals surface area contributed by atoms with E-state index in [2.05, 4.69) is 15.3 Å². The van der Waals surface area contributed by atoms with Crippen LogP contribution in [0.1, 0.15) is 46.6 Å². The Labute approximate surface area is 185 Å². The van der Waals surface area contributed by atoms with Crippen molar-refractivity contribution in [3.63, 3.8) is 0 Å². The predicted molar refractivity (Wildman–Crippen MR) is 115 cm³/mol. The van der Waals surface area contributed by atoms with Crippen molar-refractivity contribution < 1.29 is 27.4 Å². The van der Waals surface area contributed by atoms with Gasteiger partial charge in [0.2, 0.25) is 5.95 Å². The average molecular weight is 454 g/mol. The number of nitrogens with two attached hydrogens (primary N) is 1. The van der Waals surface area contributed by atoms with Gasteiger partial charge in [0.05, 0.1) is 17.4 Å². The number of benzene rings is 1. The van der Waals surface area contributed by atoms with Gasteiger partial charge < -0.3 is 15.2 Å². The number of aromatic nitrogens is 2. The van der Waals surface area contributed by atoms with Crippen LogP contribution in [0.4, 0.5) is 23.9 Å². The minimum absolute atomic E-state index is 0.0624. The summed E-state index contributed by atoms with van der Waals surface area (Å²) in [5, 5.41) is 2.35. The van der Waals surface area contributed by atoms with Crippen LogP contribution in [0.25, 0.3) is 11.3 Å². The largest absolute Gasteiger partial charge is 0.491 e. The first kappa shape index (κ1) is 25.4. The van der Waals surface area contributed by atoms with E-state index in [9.17, 15) is 18.0 Å². The number of hydrogen-bond donors (Lipinski definition) is 2. The van der Waals surface area contributed by atoms with Gasteiger partial charge in [-0.1, -0.05) is 13.8 Å². The van der Waals surface area contributed by atoms with E-state index < -0.39 is 23.4 Å². The Morgan fingerprint density at radius 1 is 1.19 bits per heavy atom. The second-order valence-electron chi connectivity index (χ2n) is 8.59. The van der Waals surface area contributed by atoms with Gasteiger partial charge in [-0.05, 0) is 57.4 Å². The minimum atomic E-state index is -4.65. The van der Waals surface area contributed by atoms with Crippen LogP contribution in [0.5, 0.6) is 5.75 Å². The van der Waals surface area contributed by atoms with E-state index >= 15 is 0 Å². The molecule has 0 aliphatic carbocycles. The number of ether oxygens (including phenoxy) is 2. The van der Waals surface area contributed by atoms with Gasteiger partial charge in [0.25, 0.3) is 0 Å². The third-order valence-corrected chi connectivity index (χ3v) is 4.22. The van der Waals surface area contributed by atoms with Crippen molar-refractivity contribution in [1.82, 2.24) is 9.97 Å². The molecule has 2 rings (SSSR count). The third kappa shape index (κ3) is 7.67. The number of amides is 1. The molecular weight excluding hydrogens is 425 g/mol. The van der Waals surface area contributed by atoms with Crippen LogP contribution in [0.15, 0.2) is 30.5 Å². The summed E-state index contributed by atoms with van der Waals surface area (Å²) in [6.07, 6.45) is -3.83. The Balaban J connectivity index is 2.29. The monoisotopic (exact) mass is 454 g/mol. The van der Waals surface area contributed by atoms with Crippen LogP contribution >= 0.6 is 0 Å². The second-order valence-corrected chi connectivity index (χ2v) is 8.59. The van der Waals surface area contributed by atoms with Crippen molar-refractivity contribution in [2.24, 2.45) is 11.7 Å². The fourth-order valence-electron chi connectivity index (χ4n) is 3.19. The van der Waals surface area contributed by atoms with Crippen molar-refractivity contribution >= 4 is 12.0 Å². The molecule has 0 saturated heterocycles. The van der Waals surface area contributed by atoms with E-state index in [0.29, 0.717) is 6.42 Å². The molecule has 1 atom stereocenters. The lowest BCUT2D eigenvalue weighted by atomic mass is 9.93. The zero-order valence-electron chi connectivity index (χ0n) is 18.8. The first-order valence-electron chi connectivity index (χ1n) is 10.2. The van der Waals surface area contributed by atoms with E-state index in [1.807, 2.05) is 13.8 Å². The summed E-state index contributed by atoms with van der Waals surface area (Å²) in [7, 11) is 0. The summed E-state index contributed by atoms with van der Waals surface area (Å²) in [5.41, 5.74) is 4.83. The van der Waals surface area contributed by atoms with Crippen LogP contribution in [0.2, 0.25) is 0 Å². The highest BCUT2D eigenvalue weighted by Gasteiger charge is 2.35. The van der Waals surface area contributed by atoms with Crippen molar-refractivity contribution in [1.29, 1.82) is 0 Å². The molecule has 32 heavy (non-hydrogen) atoms. The summed E-state index contributed by atoms with van der Waals surface area (Å²) in [6, 6.07) is 5.09. The highest BCUT2D eigenvalue weighted by molar-refractivity contribution is 5.82. The van der Waals surface area contributed by atoms with Gasteiger partial charge in [0.1, 0.15) is 12.4 Å². The van der Waals surface area contributed by atoms with Gasteiger partial charge in [-0.25, -0.2) is 14.8 Å². The highest BCUT2D eigenvalue weighted by Crippen LogP contribution is 2.39. The molecular formula is C22H29F3N4O3. The fraction of sp³-hybridized carbons (Fsp3) is 0.500. The summed E-state index contributed by atoms with van der Waals surface area (Å²) in [5.74, 6) is -0.124. The van der Waals surface area contributed by atoms with Crippen LogP contribution in [0.3, 0.4) is 0 Å². The lowest BCUT2D eigenvalue weighted by Crippen LogP contribution is -2.43. The summed E-state index contributed by atoms with van der Waals surface area (Å²) in [4.78, 5) is 19.7. The molecule has 0 aliphatic heterocycles. The minimum Gasteiger partial charge on any atom is -0.491 e. The van der Waals surface area contributed by atoms with Gasteiger partial charge in [-0.3, -0.25) is 5.32 Å². The number of nitrogens with one attached hydrogen (secondary N) is 1. The van der Waals surface area contributed by atoms with Gasteiger partial charge >= 0.3 is 12.3 Å². The van der Waals surface area contributed by atoms with Crippen molar-refractivity contribution in [3.05, 3.63) is 36.0 Å². The smallest absolute Gasteiger partial charge is 0.419 e. The summed E-state index contributed by atoms with van der Waals surface area (Å²) >= 11 is 0. The van der Waals surface area contributed by atoms with Gasteiger partial charge in [0, 0.05) is 17.3 Å². The molecule has 0 fully saturated rings. The molecule has 0 bridgehead atoms. The SMILES string of the molecule is CC(C)CC(C)(N)COc1ccc(-c2ccnc(NC(=O)OC(C)C)n2)cc1C(F)(F)F. The number of rotatable bonds is 8. The zero-order valence-corrected chi connectivity index (χ0v) is 18.8. The maximum Gasteiger partial charge on any atom is 0.419 e. The number of nitrogens with zero attached hydrogens (tertiary/aromatic N) is 2. The Hall–Kier alpha value is -2.88. The van der Waals surface area contributed by atoms with Crippen LogP contribution in [-0.4, -0.2) is 34.3 Å². The normalized spacial score (nSPS) is 13.7. The highest BCUT2D eigenvalue weighted by atomic mass is 19.4. The number of hydrogen-bond acceptors (Lipinski definition) is 6. The topological polar surface area (TPSA) is 99.4 Å². The Morgan fingerprint density at radius 2 is 1.88 bits per heavy atom. The quantitative estimate of drug-likeness (QED) is 0.564. The first-order chi connectivity index (χ1) is 14.8. The molecule has 1 aromatic carbocycles. The number of halogens is 3. The molecule has 0 spiro atoms. The van der Waals surface area contributed by atoms with Crippen LogP contribution in [0, 0.1) is 5.92 Å². The van der Waals surface area contributed by atoms with Gasteiger partial charge in [-0.2, -0.15) is 13.2 Å². The second kappa shape index (κ2) is 10.2. The Morgan fingerprint density at radius 3 is 2.47 bits per heavy atom. The molecule has 1 unspecified atom stereocenters. The molecule has 176 valence electrons. The van der Waals surface area contributed by atoms with Crippen molar-refractivity contribution in [3.8, 4) is 17.0 Å². The lowest BCUT2D eigenvalue weighted by molar-refractivity contribution is -0.139. The predicted octanol–water partition coefficient (Wildman–Crippen LogP) is 5.26. The number of alkyl halides is 3. The van der Waals surface area contributed by atoms with Crippen LogP contribution in [-0.2, 0) is 10.9 Å². The summed E-state index contributed by atoms with van der Waals surface area (Å²) in [6.45, 7) is 8.99. The average Bonchev–Trinajstić information content (AvgIpc) is 2.64. The first-order valence-corrected chi connectivity index (χ1v) is 10.2. The van der Waals surface area contributed by atoms with Gasteiger partial charge in [0.15, 0.2) is 0 Å². The zero-order chi connectivity index (χ0) is 24.1. The van der Waals surface area contributed by atoms with Crippen LogP contribution < -0.4 is 15.8 Å². The van der Waals surface area contributed by atoms with Crippen molar-refractivity contribution in [2.45, 2.75) is 58.9 Å². The molecule has 1 aromatic heterocycles. The molecule has 7 nitrogen and oxygen atoms in total. The molecule has 0 aliphatic rings.